The van der Waals surface area contributed by atoms with Crippen LogP contribution in [0.5, 0.6) is 17.2 Å². The lowest BCUT2D eigenvalue weighted by Gasteiger charge is -2.20. The maximum absolute atomic E-state index is 14.6. The Morgan fingerprint density at radius 1 is 0.886 bits per heavy atom. The number of rotatable bonds is 10. The monoisotopic (exact) mass is 612 g/mol. The summed E-state index contributed by atoms with van der Waals surface area (Å²) in [6.07, 6.45) is -1.67. The Bertz CT molecular complexity index is 1900. The number of aromatic carboxylic acids is 1. The zero-order valence-corrected chi connectivity index (χ0v) is 25.1. The first kappa shape index (κ1) is 30.2. The van der Waals surface area contributed by atoms with E-state index < -0.39 is 23.8 Å². The van der Waals surface area contributed by atoms with Crippen molar-refractivity contribution < 1.29 is 33.7 Å². The number of aryl methyl sites for hydroxylation is 2. The molecule has 1 atom stereocenters. The van der Waals surface area contributed by atoms with Crippen LogP contribution in [0, 0.1) is 6.92 Å². The van der Waals surface area contributed by atoms with Gasteiger partial charge in [-0.3, -0.25) is 9.59 Å². The van der Waals surface area contributed by atoms with Crippen LogP contribution in [0.4, 0.5) is 5.69 Å². The van der Waals surface area contributed by atoms with Gasteiger partial charge in [0.2, 0.25) is 11.9 Å². The van der Waals surface area contributed by atoms with Crippen LogP contribution in [0.25, 0.3) is 22.2 Å². The normalized spacial score (nSPS) is 11.6. The van der Waals surface area contributed by atoms with E-state index in [0.29, 0.717) is 38.9 Å². The van der Waals surface area contributed by atoms with Gasteiger partial charge in [-0.1, -0.05) is 35.9 Å². The third-order valence-corrected chi connectivity index (χ3v) is 7.54. The molecule has 0 spiro atoms. The van der Waals surface area contributed by atoms with Gasteiger partial charge in [0.05, 0.1) is 41.8 Å². The molecule has 0 bridgehead atoms. The van der Waals surface area contributed by atoms with E-state index in [4.69, 9.17) is 25.8 Å². The van der Waals surface area contributed by atoms with Crippen LogP contribution in [0.15, 0.2) is 84.9 Å². The summed E-state index contributed by atoms with van der Waals surface area (Å²) in [6.45, 7) is 1.86. The molecular formula is C34H29ClN2O7. The van der Waals surface area contributed by atoms with Crippen molar-refractivity contribution in [2.45, 2.75) is 13.0 Å². The molecule has 1 aromatic heterocycles. The number of methoxy groups -OCH3 is 2. The number of fused-ring (bicyclic) bond motifs is 1. The first-order valence-electron chi connectivity index (χ1n) is 13.5. The number of para-hydroxylation sites is 1. The fourth-order valence-electron chi connectivity index (χ4n) is 5.05. The number of carbonyl (C=O) groups is 3. The minimum atomic E-state index is -1.67. The number of ketones is 1. The first-order chi connectivity index (χ1) is 21.1. The Kier molecular flexibility index (Phi) is 8.59. The molecule has 9 nitrogen and oxygen atoms in total. The van der Waals surface area contributed by atoms with Crippen LogP contribution in [-0.2, 0) is 11.8 Å². The molecule has 224 valence electrons. The molecule has 1 heterocycles. The molecular weight excluding hydrogens is 584 g/mol. The molecule has 5 rings (SSSR count). The largest absolute Gasteiger partial charge is 0.493 e. The molecule has 0 radical (unpaired) electrons. The number of ether oxygens (including phenoxy) is 3. The number of aromatic nitrogens is 1. The van der Waals surface area contributed by atoms with Crippen molar-refractivity contribution in [2.75, 3.05) is 19.5 Å². The molecule has 4 aromatic carbocycles. The molecule has 0 aliphatic heterocycles. The van der Waals surface area contributed by atoms with E-state index in [0.717, 1.165) is 11.1 Å². The maximum Gasteiger partial charge on any atom is 0.335 e. The van der Waals surface area contributed by atoms with E-state index in [1.165, 1.54) is 38.5 Å². The minimum Gasteiger partial charge on any atom is -0.493 e. The molecule has 2 N–H and O–H groups in total. The van der Waals surface area contributed by atoms with Crippen molar-refractivity contribution in [3.05, 3.63) is 107 Å². The highest BCUT2D eigenvalue weighted by Gasteiger charge is 2.35. The van der Waals surface area contributed by atoms with E-state index >= 15 is 0 Å². The lowest BCUT2D eigenvalue weighted by atomic mass is 9.97. The highest BCUT2D eigenvalue weighted by Crippen LogP contribution is 2.38. The van der Waals surface area contributed by atoms with E-state index in [2.05, 4.69) is 5.32 Å². The van der Waals surface area contributed by atoms with E-state index in [1.807, 2.05) is 36.7 Å². The Morgan fingerprint density at radius 2 is 1.59 bits per heavy atom. The van der Waals surface area contributed by atoms with Crippen LogP contribution in [-0.4, -0.2) is 47.7 Å². The molecule has 1 amide bonds. The number of benzene rings is 4. The number of carboxylic acids is 1. The van der Waals surface area contributed by atoms with Crippen molar-refractivity contribution in [1.29, 1.82) is 0 Å². The summed E-state index contributed by atoms with van der Waals surface area (Å²) < 4.78 is 18.8. The topological polar surface area (TPSA) is 116 Å². The zero-order chi connectivity index (χ0) is 31.5. The first-order valence-corrected chi connectivity index (χ1v) is 13.9. The number of hydrogen-bond donors (Lipinski definition) is 2. The highest BCUT2D eigenvalue weighted by atomic mass is 35.5. The second kappa shape index (κ2) is 12.5. The van der Waals surface area contributed by atoms with Crippen LogP contribution in [0.3, 0.4) is 0 Å². The number of halogens is 1. The van der Waals surface area contributed by atoms with Gasteiger partial charge < -0.3 is 29.2 Å². The van der Waals surface area contributed by atoms with Gasteiger partial charge >= 0.3 is 5.97 Å². The van der Waals surface area contributed by atoms with Crippen LogP contribution in [0.1, 0.15) is 26.3 Å². The number of amides is 1. The summed E-state index contributed by atoms with van der Waals surface area (Å²) in [5, 5.41) is 13.0. The van der Waals surface area contributed by atoms with Crippen LogP contribution >= 0.6 is 11.6 Å². The summed E-state index contributed by atoms with van der Waals surface area (Å²) in [5.41, 5.74) is 3.43. The molecule has 1 unspecified atom stereocenters. The predicted octanol–water partition coefficient (Wildman–Crippen LogP) is 6.79. The van der Waals surface area contributed by atoms with Gasteiger partial charge in [-0.05, 0) is 73.2 Å². The molecule has 5 aromatic rings. The van der Waals surface area contributed by atoms with E-state index in [9.17, 15) is 19.5 Å². The van der Waals surface area contributed by atoms with Gasteiger partial charge in [0, 0.05) is 23.5 Å². The van der Waals surface area contributed by atoms with Crippen molar-refractivity contribution in [2.24, 2.45) is 7.05 Å². The molecule has 10 heteroatoms. The average Bonchev–Trinajstić information content (AvgIpc) is 3.32. The lowest BCUT2D eigenvalue weighted by Crippen LogP contribution is -2.40. The summed E-state index contributed by atoms with van der Waals surface area (Å²) in [4.78, 5) is 39.9. The Balaban J connectivity index is 1.66. The summed E-state index contributed by atoms with van der Waals surface area (Å²) in [6, 6.07) is 23.2. The molecule has 0 aliphatic carbocycles. The zero-order valence-electron chi connectivity index (χ0n) is 24.4. The number of nitrogens with zero attached hydrogens (tertiary/aromatic N) is 1. The maximum atomic E-state index is 14.6. The third kappa shape index (κ3) is 5.82. The fourth-order valence-corrected chi connectivity index (χ4v) is 5.34. The van der Waals surface area contributed by atoms with Crippen molar-refractivity contribution in [3.8, 4) is 28.5 Å². The predicted molar refractivity (Wildman–Crippen MR) is 168 cm³/mol. The summed E-state index contributed by atoms with van der Waals surface area (Å²) >= 11 is 6.40. The molecule has 0 aliphatic rings. The number of carboxylic acid groups (broad SMARTS) is 1. The number of hydrogen-bond acceptors (Lipinski definition) is 6. The summed E-state index contributed by atoms with van der Waals surface area (Å²) in [7, 11) is 4.89. The molecule has 0 fully saturated rings. The van der Waals surface area contributed by atoms with Gasteiger partial charge in [0.25, 0.3) is 5.91 Å². The van der Waals surface area contributed by atoms with Gasteiger partial charge in [-0.25, -0.2) is 4.79 Å². The van der Waals surface area contributed by atoms with Gasteiger partial charge in [-0.15, -0.1) is 0 Å². The molecule has 0 saturated carbocycles. The lowest BCUT2D eigenvalue weighted by molar-refractivity contribution is -0.120. The quantitative estimate of drug-likeness (QED) is 0.132. The van der Waals surface area contributed by atoms with E-state index in [-0.39, 0.29) is 16.9 Å². The smallest absolute Gasteiger partial charge is 0.335 e. The number of carbonyl (C=O) groups excluding carboxylic acids is 2. The van der Waals surface area contributed by atoms with Crippen LogP contribution < -0.4 is 19.5 Å². The molecule has 44 heavy (non-hydrogen) atoms. The minimum absolute atomic E-state index is 0.0286. The van der Waals surface area contributed by atoms with Gasteiger partial charge in [0.15, 0.2) is 11.5 Å². The SMILES string of the molecule is COc1ccc(-c2c(C(=O)C(Oc3ccc(C(=O)O)cc3)C(=O)Nc3ccc(C)cc3Cl)c3ccccc3n2C)cc1OC. The Labute approximate surface area is 258 Å². The Hall–Kier alpha value is -5.28. The standard InChI is InChI=1S/C34H29ClN2O7/c1-19-9-15-25(24(35)17-19)36-33(39)32(44-22-13-10-20(11-14-22)34(40)41)31(38)29-23-7-5-6-8-26(23)37(2)30(29)21-12-16-27(42-3)28(18-21)43-4/h5-18,32H,1-4H3,(H,36,39)(H,40,41). The average molecular weight is 613 g/mol. The second-order valence-corrected chi connectivity index (χ2v) is 10.4. The number of nitrogens with one attached hydrogen (secondary N) is 1. The van der Waals surface area contributed by atoms with Gasteiger partial charge in [0.1, 0.15) is 5.75 Å². The highest BCUT2D eigenvalue weighted by molar-refractivity contribution is 6.34. The van der Waals surface area contributed by atoms with Gasteiger partial charge in [-0.2, -0.15) is 0 Å². The third-order valence-electron chi connectivity index (χ3n) is 7.22. The fraction of sp³-hybridized carbons (Fsp3) is 0.147. The number of anilines is 1. The van der Waals surface area contributed by atoms with Crippen molar-refractivity contribution in [3.63, 3.8) is 0 Å². The van der Waals surface area contributed by atoms with Crippen molar-refractivity contribution in [1.82, 2.24) is 4.57 Å². The second-order valence-electron chi connectivity index (χ2n) is 10.0. The molecule has 0 saturated heterocycles. The van der Waals surface area contributed by atoms with E-state index in [1.54, 1.807) is 42.5 Å². The van der Waals surface area contributed by atoms with Crippen molar-refractivity contribution >= 4 is 45.9 Å². The summed E-state index contributed by atoms with van der Waals surface area (Å²) in [5.74, 6) is -1.38. The number of Topliss-reactive ketones (excluding diaryl/α,β-unsaturated/α-hetero) is 1. The van der Waals surface area contributed by atoms with Crippen LogP contribution in [0.2, 0.25) is 5.02 Å². The Morgan fingerprint density at radius 3 is 2.25 bits per heavy atom.